The summed E-state index contributed by atoms with van der Waals surface area (Å²) >= 11 is 0. The molecular weight excluding hydrogens is 194 g/mol. The van der Waals surface area contributed by atoms with Crippen LogP contribution in [0.1, 0.15) is 6.92 Å². The maximum absolute atomic E-state index is 11.8. The van der Waals surface area contributed by atoms with Crippen molar-refractivity contribution in [1.82, 2.24) is 19.3 Å². The van der Waals surface area contributed by atoms with Crippen LogP contribution in [0.3, 0.4) is 0 Å². The molecule has 0 amide bonds. The third-order valence-electron chi connectivity index (χ3n) is 2.06. The quantitative estimate of drug-likeness (QED) is 0.750. The van der Waals surface area contributed by atoms with Crippen LogP contribution in [0.5, 0.6) is 0 Å². The molecule has 0 atom stereocenters. The van der Waals surface area contributed by atoms with Gasteiger partial charge >= 0.3 is 0 Å². The molecule has 0 spiro atoms. The minimum absolute atomic E-state index is 0.178. The average molecular weight is 205 g/mol. The lowest BCUT2D eigenvalue weighted by Gasteiger charge is -2.03. The Bertz CT molecular complexity index is 527. The topological polar surface area (TPSA) is 78.7 Å². The molecule has 0 saturated carbocycles. The predicted octanol–water partition coefficient (Wildman–Crippen LogP) is 0.0311. The number of aromatic nitrogens is 4. The zero-order valence-electron chi connectivity index (χ0n) is 8.29. The summed E-state index contributed by atoms with van der Waals surface area (Å²) in [6.45, 7) is 2.49. The Hall–Kier alpha value is -2.11. The molecule has 2 aromatic rings. The van der Waals surface area contributed by atoms with E-state index in [0.29, 0.717) is 12.4 Å². The van der Waals surface area contributed by atoms with Gasteiger partial charge in [0.05, 0.1) is 0 Å². The standard InChI is InChI=1S/C9H11N5O/c1-2-13-6-4-11-8(9(13)15)14-5-3-7(10)12-14/h3-6H,2H2,1H3,(H2,10,12). The first-order valence-electron chi connectivity index (χ1n) is 4.59. The van der Waals surface area contributed by atoms with Crippen LogP contribution in [0.2, 0.25) is 0 Å². The third-order valence-corrected chi connectivity index (χ3v) is 2.06. The summed E-state index contributed by atoms with van der Waals surface area (Å²) in [5.74, 6) is 0.624. The largest absolute Gasteiger partial charge is 0.382 e. The van der Waals surface area contributed by atoms with Crippen molar-refractivity contribution < 1.29 is 0 Å². The first-order valence-corrected chi connectivity index (χ1v) is 4.59. The molecule has 2 rings (SSSR count). The molecule has 0 radical (unpaired) electrons. The van der Waals surface area contributed by atoms with Crippen molar-refractivity contribution in [3.05, 3.63) is 35.0 Å². The molecule has 6 heteroatoms. The van der Waals surface area contributed by atoms with Gasteiger partial charge in [-0.2, -0.15) is 0 Å². The van der Waals surface area contributed by atoms with Crippen LogP contribution < -0.4 is 11.3 Å². The summed E-state index contributed by atoms with van der Waals surface area (Å²) in [7, 11) is 0. The highest BCUT2D eigenvalue weighted by Gasteiger charge is 2.06. The first-order chi connectivity index (χ1) is 7.22. The van der Waals surface area contributed by atoms with E-state index in [2.05, 4.69) is 10.1 Å². The smallest absolute Gasteiger partial charge is 0.295 e. The number of nitrogens with two attached hydrogens (primary N) is 1. The van der Waals surface area contributed by atoms with Gasteiger partial charge in [-0.05, 0) is 6.92 Å². The number of nitrogens with zero attached hydrogens (tertiary/aromatic N) is 4. The van der Waals surface area contributed by atoms with Gasteiger partial charge in [-0.3, -0.25) is 4.79 Å². The lowest BCUT2D eigenvalue weighted by Crippen LogP contribution is -2.24. The molecule has 0 unspecified atom stereocenters. The number of anilines is 1. The molecule has 2 heterocycles. The Kier molecular flexibility index (Phi) is 2.24. The summed E-state index contributed by atoms with van der Waals surface area (Å²) in [4.78, 5) is 15.8. The molecule has 0 fully saturated rings. The van der Waals surface area contributed by atoms with E-state index in [9.17, 15) is 4.79 Å². The molecule has 0 bridgehead atoms. The SMILES string of the molecule is CCn1ccnc(-n2ccc(N)n2)c1=O. The zero-order chi connectivity index (χ0) is 10.8. The molecule has 0 aromatic carbocycles. The van der Waals surface area contributed by atoms with E-state index in [1.54, 1.807) is 29.2 Å². The summed E-state index contributed by atoms with van der Waals surface area (Å²) in [5.41, 5.74) is 5.29. The van der Waals surface area contributed by atoms with Gasteiger partial charge in [0.15, 0.2) is 0 Å². The number of rotatable bonds is 2. The second-order valence-corrected chi connectivity index (χ2v) is 3.03. The van der Waals surface area contributed by atoms with Crippen molar-refractivity contribution in [2.45, 2.75) is 13.5 Å². The van der Waals surface area contributed by atoms with Crippen molar-refractivity contribution in [2.75, 3.05) is 5.73 Å². The molecule has 0 aliphatic heterocycles. The monoisotopic (exact) mass is 205 g/mol. The summed E-state index contributed by atoms with van der Waals surface area (Å²) in [6.07, 6.45) is 4.82. The lowest BCUT2D eigenvalue weighted by molar-refractivity contribution is 0.693. The number of hydrogen-bond acceptors (Lipinski definition) is 4. The van der Waals surface area contributed by atoms with Crippen molar-refractivity contribution in [2.24, 2.45) is 0 Å². The molecule has 2 aromatic heterocycles. The van der Waals surface area contributed by atoms with Crippen LogP contribution >= 0.6 is 0 Å². The lowest BCUT2D eigenvalue weighted by atomic mass is 10.5. The van der Waals surface area contributed by atoms with Crippen LogP contribution in [0.25, 0.3) is 5.82 Å². The van der Waals surface area contributed by atoms with Crippen LogP contribution in [-0.4, -0.2) is 19.3 Å². The molecule has 15 heavy (non-hydrogen) atoms. The van der Waals surface area contributed by atoms with E-state index in [0.717, 1.165) is 0 Å². The normalized spacial score (nSPS) is 10.5. The average Bonchev–Trinajstić information content (AvgIpc) is 2.65. The molecule has 78 valence electrons. The Morgan fingerprint density at radius 1 is 1.47 bits per heavy atom. The highest BCUT2D eigenvalue weighted by Crippen LogP contribution is 2.00. The van der Waals surface area contributed by atoms with Crippen molar-refractivity contribution in [3.63, 3.8) is 0 Å². The minimum atomic E-state index is -0.178. The van der Waals surface area contributed by atoms with Crippen LogP contribution in [-0.2, 0) is 6.54 Å². The van der Waals surface area contributed by atoms with Gasteiger partial charge in [0.2, 0.25) is 5.82 Å². The van der Waals surface area contributed by atoms with E-state index in [1.165, 1.54) is 4.68 Å². The molecule has 0 saturated heterocycles. The Balaban J connectivity index is 2.58. The molecule has 0 aliphatic rings. The Morgan fingerprint density at radius 3 is 2.87 bits per heavy atom. The molecule has 6 nitrogen and oxygen atoms in total. The second kappa shape index (κ2) is 3.56. The zero-order valence-corrected chi connectivity index (χ0v) is 8.29. The number of nitrogen functional groups attached to an aromatic ring is 1. The van der Waals surface area contributed by atoms with Gasteiger partial charge in [-0.15, -0.1) is 5.10 Å². The summed E-state index contributed by atoms with van der Waals surface area (Å²) < 4.78 is 2.93. The second-order valence-electron chi connectivity index (χ2n) is 3.03. The molecular formula is C9H11N5O. The van der Waals surface area contributed by atoms with Crippen LogP contribution in [0.4, 0.5) is 5.82 Å². The summed E-state index contributed by atoms with van der Waals surface area (Å²) in [5, 5.41) is 3.94. The van der Waals surface area contributed by atoms with E-state index < -0.39 is 0 Å². The van der Waals surface area contributed by atoms with E-state index in [4.69, 9.17) is 5.73 Å². The highest BCUT2D eigenvalue weighted by atomic mass is 16.1. The Labute approximate surface area is 86.0 Å². The van der Waals surface area contributed by atoms with Gasteiger partial charge in [-0.1, -0.05) is 0 Å². The van der Waals surface area contributed by atoms with E-state index in [-0.39, 0.29) is 11.4 Å². The summed E-state index contributed by atoms with van der Waals surface area (Å²) in [6, 6.07) is 1.62. The highest BCUT2D eigenvalue weighted by molar-refractivity contribution is 5.28. The van der Waals surface area contributed by atoms with E-state index in [1.807, 2.05) is 6.92 Å². The van der Waals surface area contributed by atoms with Crippen molar-refractivity contribution >= 4 is 5.82 Å². The molecule has 2 N–H and O–H groups in total. The maximum Gasteiger partial charge on any atom is 0.295 e. The van der Waals surface area contributed by atoms with E-state index >= 15 is 0 Å². The van der Waals surface area contributed by atoms with Gasteiger partial charge in [0.25, 0.3) is 5.56 Å². The van der Waals surface area contributed by atoms with Gasteiger partial charge in [0.1, 0.15) is 5.82 Å². The fraction of sp³-hybridized carbons (Fsp3) is 0.222. The molecule has 0 aliphatic carbocycles. The number of aryl methyl sites for hydroxylation is 1. The predicted molar refractivity (Wildman–Crippen MR) is 55.7 cm³/mol. The Morgan fingerprint density at radius 2 is 2.27 bits per heavy atom. The maximum atomic E-state index is 11.8. The van der Waals surface area contributed by atoms with Gasteiger partial charge < -0.3 is 10.3 Å². The van der Waals surface area contributed by atoms with Gasteiger partial charge in [0, 0.05) is 31.2 Å². The van der Waals surface area contributed by atoms with Crippen LogP contribution in [0.15, 0.2) is 29.5 Å². The fourth-order valence-electron chi connectivity index (χ4n) is 1.30. The first kappa shape index (κ1) is 9.45. The van der Waals surface area contributed by atoms with Gasteiger partial charge in [-0.25, -0.2) is 9.67 Å². The minimum Gasteiger partial charge on any atom is -0.382 e. The van der Waals surface area contributed by atoms with Crippen molar-refractivity contribution in [1.29, 1.82) is 0 Å². The third kappa shape index (κ3) is 1.61. The fourth-order valence-corrected chi connectivity index (χ4v) is 1.30. The van der Waals surface area contributed by atoms with Crippen LogP contribution in [0, 0.1) is 0 Å². The number of hydrogen-bond donors (Lipinski definition) is 1. The van der Waals surface area contributed by atoms with Crippen molar-refractivity contribution in [3.8, 4) is 5.82 Å².